The largest absolute Gasteiger partial charge is 0.329 e. The standard InChI is InChI=1S/C12H16N4S2/c1-3-16-6-7-18-12(16)14-13-11-5-4-10(15-17)8-9(11)2/h4-5,8H,3,6-7H2,1-2H3,(H,13,17)/p+1. The van der Waals surface area contributed by atoms with Gasteiger partial charge in [-0.2, -0.15) is 9.79 Å². The van der Waals surface area contributed by atoms with Gasteiger partial charge >= 0.3 is 5.17 Å². The highest BCUT2D eigenvalue weighted by Crippen LogP contribution is 2.21. The Labute approximate surface area is 117 Å². The summed E-state index contributed by atoms with van der Waals surface area (Å²) in [5.74, 6) is 1.14. The number of aryl methyl sites for hydroxylation is 1. The van der Waals surface area contributed by atoms with E-state index in [-0.39, 0.29) is 0 Å². The van der Waals surface area contributed by atoms with Crippen molar-refractivity contribution in [1.82, 2.24) is 5.43 Å². The number of nitrogens with one attached hydrogen (secondary N) is 2. The fourth-order valence-corrected chi connectivity index (χ4v) is 2.97. The molecule has 2 rings (SSSR count). The van der Waals surface area contributed by atoms with Crippen LogP contribution in [0, 0.1) is 6.92 Å². The Hall–Kier alpha value is -1.14. The number of hydrogen-bond donors (Lipinski definition) is 2. The summed E-state index contributed by atoms with van der Waals surface area (Å²) in [6.07, 6.45) is 0. The summed E-state index contributed by atoms with van der Waals surface area (Å²) in [7, 11) is 0. The zero-order valence-corrected chi connectivity index (χ0v) is 12.2. The molecule has 0 spiro atoms. The Morgan fingerprint density at radius 3 is 2.94 bits per heavy atom. The normalized spacial score (nSPS) is 14.8. The summed E-state index contributed by atoms with van der Waals surface area (Å²) in [5.41, 5.74) is 9.52. The lowest BCUT2D eigenvalue weighted by Crippen LogP contribution is -2.32. The topological polar surface area (TPSA) is 39.4 Å². The van der Waals surface area contributed by atoms with Crippen molar-refractivity contribution >= 4 is 40.7 Å². The van der Waals surface area contributed by atoms with Crippen LogP contribution in [0.2, 0.25) is 0 Å². The summed E-state index contributed by atoms with van der Waals surface area (Å²) < 4.78 is 6.07. The Morgan fingerprint density at radius 2 is 2.28 bits per heavy atom. The molecule has 0 aliphatic carbocycles. The molecule has 1 heterocycles. The highest BCUT2D eigenvalue weighted by molar-refractivity contribution is 8.13. The van der Waals surface area contributed by atoms with Gasteiger partial charge in [0.15, 0.2) is 0 Å². The summed E-state index contributed by atoms with van der Waals surface area (Å²) in [4.78, 5) is 0. The second kappa shape index (κ2) is 6.15. The zero-order chi connectivity index (χ0) is 13.0. The van der Waals surface area contributed by atoms with E-state index in [0.717, 1.165) is 35.8 Å². The highest BCUT2D eigenvalue weighted by atomic mass is 32.2. The molecule has 4 nitrogen and oxygen atoms in total. The van der Waals surface area contributed by atoms with Crippen LogP contribution in [-0.2, 0) is 12.4 Å². The van der Waals surface area contributed by atoms with E-state index in [1.807, 2.05) is 36.9 Å². The number of anilines is 1. The summed E-state index contributed by atoms with van der Waals surface area (Å²) >= 11 is 6.52. The predicted molar refractivity (Wildman–Crippen MR) is 80.5 cm³/mol. The van der Waals surface area contributed by atoms with E-state index >= 15 is 0 Å². The molecule has 0 unspecified atom stereocenters. The van der Waals surface area contributed by atoms with Gasteiger partial charge in [-0.3, -0.25) is 4.58 Å². The van der Waals surface area contributed by atoms with Crippen molar-refractivity contribution in [2.24, 2.45) is 4.36 Å². The molecular weight excluding hydrogens is 264 g/mol. The van der Waals surface area contributed by atoms with Gasteiger partial charge in [-0.15, -0.1) is 0 Å². The molecule has 0 amide bonds. The van der Waals surface area contributed by atoms with Crippen molar-refractivity contribution < 1.29 is 4.58 Å². The minimum atomic E-state index is 0.825. The maximum atomic E-state index is 4.68. The molecule has 0 saturated heterocycles. The van der Waals surface area contributed by atoms with Crippen LogP contribution in [0.25, 0.3) is 0 Å². The Balaban J connectivity index is 2.04. The van der Waals surface area contributed by atoms with Crippen LogP contribution < -0.4 is 10.9 Å². The molecule has 0 aromatic heterocycles. The molecule has 0 fully saturated rings. The van der Waals surface area contributed by atoms with Crippen molar-refractivity contribution in [2.75, 3.05) is 24.3 Å². The quantitative estimate of drug-likeness (QED) is 0.657. The van der Waals surface area contributed by atoms with E-state index in [1.54, 1.807) is 0 Å². The van der Waals surface area contributed by atoms with Gasteiger partial charge in [0.25, 0.3) is 0 Å². The third kappa shape index (κ3) is 3.00. The van der Waals surface area contributed by atoms with Crippen molar-refractivity contribution in [2.45, 2.75) is 13.8 Å². The first-order chi connectivity index (χ1) is 8.74. The van der Waals surface area contributed by atoms with E-state index in [2.05, 4.69) is 39.1 Å². The van der Waals surface area contributed by atoms with Crippen LogP contribution in [0.4, 0.5) is 11.4 Å². The number of hydrogen-bond acceptors (Lipinski definition) is 5. The molecule has 2 N–H and O–H groups in total. The van der Waals surface area contributed by atoms with E-state index in [0.29, 0.717) is 0 Å². The molecule has 96 valence electrons. The predicted octanol–water partition coefficient (Wildman–Crippen LogP) is 2.41. The maximum absolute atomic E-state index is 4.68. The number of nitrogens with zero attached hydrogens (tertiary/aromatic N) is 2. The lowest BCUT2D eigenvalue weighted by atomic mass is 10.2. The number of hydrazine groups is 1. The highest BCUT2D eigenvalue weighted by Gasteiger charge is 2.20. The smallest absolute Gasteiger partial charge is 0.254 e. The first-order valence-corrected chi connectivity index (χ1v) is 7.30. The van der Waals surface area contributed by atoms with Gasteiger partial charge in [0.05, 0.1) is 24.5 Å². The fraction of sp³-hybridized carbons (Fsp3) is 0.417. The number of rotatable bonds is 4. The van der Waals surface area contributed by atoms with Crippen LogP contribution >= 0.6 is 11.8 Å². The average molecular weight is 281 g/mol. The third-order valence-corrected chi connectivity index (χ3v) is 4.12. The first-order valence-electron chi connectivity index (χ1n) is 5.95. The number of benzene rings is 1. The SMILES string of the molecule is CC[N+]1=C(NNc2ccc(N=S)cc2C)SCC1. The average Bonchev–Trinajstić information content (AvgIpc) is 2.84. The number of thioether (sulfide) groups is 1. The van der Waals surface area contributed by atoms with Gasteiger partial charge in [-0.25, -0.2) is 5.43 Å². The third-order valence-electron chi connectivity index (χ3n) is 2.89. The first kappa shape index (κ1) is 13.3. The van der Waals surface area contributed by atoms with E-state index < -0.39 is 0 Å². The summed E-state index contributed by atoms with van der Waals surface area (Å²) in [5, 5.41) is 1.19. The molecule has 0 bridgehead atoms. The maximum Gasteiger partial charge on any atom is 0.329 e. The van der Waals surface area contributed by atoms with Crippen LogP contribution in [0.1, 0.15) is 12.5 Å². The lowest BCUT2D eigenvalue weighted by Gasteiger charge is -2.08. The van der Waals surface area contributed by atoms with Gasteiger partial charge in [-0.05, 0) is 49.4 Å². The van der Waals surface area contributed by atoms with E-state index in [4.69, 9.17) is 0 Å². The second-order valence-corrected chi connectivity index (χ2v) is 5.34. The van der Waals surface area contributed by atoms with Gasteiger partial charge in [0.1, 0.15) is 0 Å². The Kier molecular flexibility index (Phi) is 4.54. The monoisotopic (exact) mass is 281 g/mol. The van der Waals surface area contributed by atoms with Crippen molar-refractivity contribution in [3.05, 3.63) is 23.8 Å². The molecule has 18 heavy (non-hydrogen) atoms. The van der Waals surface area contributed by atoms with Crippen LogP contribution in [0.3, 0.4) is 0 Å². The second-order valence-electron chi connectivity index (χ2n) is 4.07. The van der Waals surface area contributed by atoms with E-state index in [1.165, 1.54) is 5.17 Å². The minimum Gasteiger partial charge on any atom is -0.254 e. The van der Waals surface area contributed by atoms with Gasteiger partial charge in [0.2, 0.25) is 0 Å². The zero-order valence-electron chi connectivity index (χ0n) is 10.6. The molecule has 6 heteroatoms. The summed E-state index contributed by atoms with van der Waals surface area (Å²) in [6.45, 7) is 6.35. The molecule has 1 aromatic rings. The molecule has 1 aromatic carbocycles. The molecule has 0 atom stereocenters. The minimum absolute atomic E-state index is 0.825. The van der Waals surface area contributed by atoms with Gasteiger partial charge < -0.3 is 0 Å². The van der Waals surface area contributed by atoms with Gasteiger partial charge in [0, 0.05) is 18.2 Å². The fourth-order valence-electron chi connectivity index (χ4n) is 1.83. The molecule has 1 aliphatic rings. The van der Waals surface area contributed by atoms with Crippen molar-refractivity contribution in [1.29, 1.82) is 0 Å². The van der Waals surface area contributed by atoms with Crippen molar-refractivity contribution in [3.8, 4) is 0 Å². The Bertz CT molecular complexity index is 485. The van der Waals surface area contributed by atoms with Crippen LogP contribution in [0.15, 0.2) is 22.6 Å². The Morgan fingerprint density at radius 1 is 1.44 bits per heavy atom. The lowest BCUT2D eigenvalue weighted by molar-refractivity contribution is -0.515. The molecule has 1 aliphatic heterocycles. The molecule has 0 saturated carbocycles. The molecular formula is C12H17N4S2+. The van der Waals surface area contributed by atoms with Gasteiger partial charge in [-0.1, -0.05) is 0 Å². The van der Waals surface area contributed by atoms with Crippen molar-refractivity contribution in [3.63, 3.8) is 0 Å². The molecule has 0 radical (unpaired) electrons. The van der Waals surface area contributed by atoms with Crippen LogP contribution in [-0.4, -0.2) is 28.6 Å². The summed E-state index contributed by atoms with van der Waals surface area (Å²) in [6, 6.07) is 5.87. The van der Waals surface area contributed by atoms with E-state index in [9.17, 15) is 0 Å². The number of amidine groups is 1. The van der Waals surface area contributed by atoms with Crippen LogP contribution in [0.5, 0.6) is 0 Å².